The van der Waals surface area contributed by atoms with Crippen molar-refractivity contribution in [3.63, 3.8) is 0 Å². The maximum atomic E-state index is 11.0. The van der Waals surface area contributed by atoms with Crippen molar-refractivity contribution in [3.8, 4) is 17.5 Å². The first kappa shape index (κ1) is 16.4. The molecule has 9 nitrogen and oxygen atoms in total. The molecule has 2 rings (SSSR count). The van der Waals surface area contributed by atoms with Crippen LogP contribution in [0.2, 0.25) is 0 Å². The van der Waals surface area contributed by atoms with E-state index in [4.69, 9.17) is 19.5 Å². The highest BCUT2D eigenvalue weighted by Gasteiger charge is 2.21. The minimum Gasteiger partial charge on any atom is -0.419 e. The third kappa shape index (κ3) is 4.03. The van der Waals surface area contributed by atoms with Gasteiger partial charge in [0.1, 0.15) is 11.6 Å². The molecule has 0 saturated carbocycles. The van der Waals surface area contributed by atoms with Crippen LogP contribution in [-0.2, 0) is 4.74 Å². The number of nitrogens with one attached hydrogen (secondary N) is 1. The average Bonchev–Trinajstić information content (AvgIpc) is 2.97. The number of benzene rings is 1. The van der Waals surface area contributed by atoms with Crippen LogP contribution in [0.15, 0.2) is 28.7 Å². The van der Waals surface area contributed by atoms with Crippen LogP contribution in [0.3, 0.4) is 0 Å². The SMILES string of the molecule is N#Cc1nc(-c2ccccc2[N+](=O)[O-])oc1NCCOCCO. The molecule has 1 aromatic carbocycles. The molecule has 0 saturated heterocycles. The smallest absolute Gasteiger partial charge is 0.282 e. The van der Waals surface area contributed by atoms with Crippen LogP contribution in [0, 0.1) is 21.4 Å². The minimum absolute atomic E-state index is 0.000286. The molecule has 0 atom stereocenters. The molecule has 0 aliphatic rings. The second-order valence-electron chi connectivity index (χ2n) is 4.35. The highest BCUT2D eigenvalue weighted by Crippen LogP contribution is 2.31. The van der Waals surface area contributed by atoms with Crippen molar-refractivity contribution in [1.82, 2.24) is 4.98 Å². The number of aliphatic hydroxyl groups excluding tert-OH is 1. The summed E-state index contributed by atoms with van der Waals surface area (Å²) in [5, 5.41) is 31.6. The van der Waals surface area contributed by atoms with Crippen LogP contribution in [-0.4, -0.2) is 41.4 Å². The minimum atomic E-state index is -0.540. The fourth-order valence-electron chi connectivity index (χ4n) is 1.85. The average molecular weight is 318 g/mol. The van der Waals surface area contributed by atoms with Crippen LogP contribution in [0.4, 0.5) is 11.6 Å². The van der Waals surface area contributed by atoms with Crippen molar-refractivity contribution in [2.75, 3.05) is 31.7 Å². The van der Waals surface area contributed by atoms with Crippen molar-refractivity contribution in [3.05, 3.63) is 40.1 Å². The van der Waals surface area contributed by atoms with Gasteiger partial charge in [-0.15, -0.1) is 0 Å². The summed E-state index contributed by atoms with van der Waals surface area (Å²) < 4.78 is 10.5. The number of ether oxygens (including phenoxy) is 1. The normalized spacial score (nSPS) is 10.3. The first-order chi connectivity index (χ1) is 11.2. The molecule has 0 radical (unpaired) electrons. The van der Waals surface area contributed by atoms with Crippen LogP contribution < -0.4 is 5.32 Å². The Kier molecular flexibility index (Phi) is 5.62. The molecule has 2 aromatic rings. The first-order valence-electron chi connectivity index (χ1n) is 6.74. The fourth-order valence-corrected chi connectivity index (χ4v) is 1.85. The molecular weight excluding hydrogens is 304 g/mol. The first-order valence-corrected chi connectivity index (χ1v) is 6.74. The van der Waals surface area contributed by atoms with E-state index in [0.29, 0.717) is 13.2 Å². The Balaban J connectivity index is 2.19. The van der Waals surface area contributed by atoms with Crippen molar-refractivity contribution in [2.45, 2.75) is 0 Å². The number of aliphatic hydroxyl groups is 1. The maximum absolute atomic E-state index is 11.0. The van der Waals surface area contributed by atoms with Gasteiger partial charge in [-0.2, -0.15) is 10.2 Å². The molecule has 0 unspecified atom stereocenters. The fraction of sp³-hybridized carbons (Fsp3) is 0.286. The molecule has 0 fully saturated rings. The van der Waals surface area contributed by atoms with E-state index < -0.39 is 4.92 Å². The van der Waals surface area contributed by atoms with Gasteiger partial charge in [0.05, 0.1) is 24.7 Å². The van der Waals surface area contributed by atoms with E-state index in [1.54, 1.807) is 6.07 Å². The second kappa shape index (κ2) is 7.88. The van der Waals surface area contributed by atoms with Gasteiger partial charge < -0.3 is 19.6 Å². The Morgan fingerprint density at radius 3 is 2.91 bits per heavy atom. The van der Waals surface area contributed by atoms with Gasteiger partial charge in [-0.25, -0.2) is 0 Å². The third-order valence-corrected chi connectivity index (χ3v) is 2.83. The summed E-state index contributed by atoms with van der Waals surface area (Å²) in [6.45, 7) is 0.769. The zero-order valence-corrected chi connectivity index (χ0v) is 12.1. The Morgan fingerprint density at radius 1 is 1.43 bits per heavy atom. The molecule has 0 amide bonds. The maximum Gasteiger partial charge on any atom is 0.282 e. The van der Waals surface area contributed by atoms with Crippen LogP contribution in [0.5, 0.6) is 0 Å². The predicted molar refractivity (Wildman–Crippen MR) is 79.7 cm³/mol. The van der Waals surface area contributed by atoms with Gasteiger partial charge >= 0.3 is 0 Å². The summed E-state index contributed by atoms with van der Waals surface area (Å²) >= 11 is 0. The van der Waals surface area contributed by atoms with Crippen molar-refractivity contribution >= 4 is 11.6 Å². The summed E-state index contributed by atoms with van der Waals surface area (Å²) in [6.07, 6.45) is 0. The molecule has 2 N–H and O–H groups in total. The zero-order chi connectivity index (χ0) is 16.7. The van der Waals surface area contributed by atoms with Gasteiger partial charge in [0.15, 0.2) is 0 Å². The molecule has 0 spiro atoms. The monoisotopic (exact) mass is 318 g/mol. The Hall–Kier alpha value is -2.96. The number of hydrogen-bond donors (Lipinski definition) is 2. The summed E-state index contributed by atoms with van der Waals surface area (Å²) in [4.78, 5) is 14.5. The van der Waals surface area contributed by atoms with Gasteiger partial charge in [0.25, 0.3) is 5.69 Å². The lowest BCUT2D eigenvalue weighted by molar-refractivity contribution is -0.384. The number of nitro benzene ring substituents is 1. The van der Waals surface area contributed by atoms with Gasteiger partial charge in [0.2, 0.25) is 17.5 Å². The lowest BCUT2D eigenvalue weighted by Gasteiger charge is -2.03. The molecule has 0 aliphatic carbocycles. The number of nitriles is 1. The predicted octanol–water partition coefficient (Wildman–Crippen LogP) is 1.54. The van der Waals surface area contributed by atoms with Crippen LogP contribution in [0.1, 0.15) is 5.69 Å². The lowest BCUT2D eigenvalue weighted by Crippen LogP contribution is -2.11. The van der Waals surface area contributed by atoms with Crippen molar-refractivity contribution in [2.24, 2.45) is 0 Å². The van der Waals surface area contributed by atoms with E-state index in [9.17, 15) is 10.1 Å². The number of oxazole rings is 1. The lowest BCUT2D eigenvalue weighted by atomic mass is 10.2. The van der Waals surface area contributed by atoms with Crippen LogP contribution in [0.25, 0.3) is 11.5 Å². The molecule has 23 heavy (non-hydrogen) atoms. The number of aromatic nitrogens is 1. The standard InChI is InChI=1S/C14H14N4O5/c15-9-11-14(16-5-7-22-8-6-19)23-13(17-11)10-3-1-2-4-12(10)18(20)21/h1-4,16,19H,5-8H2. The number of nitrogens with zero attached hydrogens (tertiary/aromatic N) is 3. The van der Waals surface area contributed by atoms with Gasteiger partial charge in [-0.3, -0.25) is 10.1 Å². The van der Waals surface area contributed by atoms with E-state index in [1.165, 1.54) is 18.2 Å². The zero-order valence-electron chi connectivity index (χ0n) is 12.1. The molecule has 1 aromatic heterocycles. The molecule has 9 heteroatoms. The van der Waals surface area contributed by atoms with E-state index in [0.717, 1.165) is 0 Å². The van der Waals surface area contributed by atoms with Gasteiger partial charge in [-0.05, 0) is 6.07 Å². The summed E-state index contributed by atoms with van der Waals surface area (Å²) in [7, 11) is 0. The summed E-state index contributed by atoms with van der Waals surface area (Å²) in [5.41, 5.74) is 0.0370. The number of nitro groups is 1. The molecule has 0 aliphatic heterocycles. The summed E-state index contributed by atoms with van der Waals surface area (Å²) in [5.74, 6) is 0.112. The van der Waals surface area contributed by atoms with E-state index in [-0.39, 0.29) is 41.9 Å². The van der Waals surface area contributed by atoms with E-state index in [2.05, 4.69) is 10.3 Å². The topological polar surface area (TPSA) is 134 Å². The summed E-state index contributed by atoms with van der Waals surface area (Å²) in [6, 6.07) is 7.86. The quantitative estimate of drug-likeness (QED) is 0.425. The van der Waals surface area contributed by atoms with Crippen LogP contribution >= 0.6 is 0 Å². The Bertz CT molecular complexity index is 722. The van der Waals surface area contributed by atoms with E-state index in [1.807, 2.05) is 6.07 Å². The van der Waals surface area contributed by atoms with Crippen molar-refractivity contribution < 1.29 is 19.2 Å². The van der Waals surface area contributed by atoms with Crippen molar-refractivity contribution in [1.29, 1.82) is 5.26 Å². The number of hydrogen-bond acceptors (Lipinski definition) is 8. The molecule has 120 valence electrons. The molecule has 0 bridgehead atoms. The molecule has 1 heterocycles. The second-order valence-corrected chi connectivity index (χ2v) is 4.35. The Morgan fingerprint density at radius 2 is 2.22 bits per heavy atom. The van der Waals surface area contributed by atoms with Gasteiger partial charge in [0, 0.05) is 12.6 Å². The number of anilines is 1. The van der Waals surface area contributed by atoms with E-state index >= 15 is 0 Å². The Labute approximate surface area is 131 Å². The highest BCUT2D eigenvalue weighted by molar-refractivity contribution is 5.68. The number of para-hydroxylation sites is 1. The number of rotatable bonds is 8. The highest BCUT2D eigenvalue weighted by atomic mass is 16.6. The largest absolute Gasteiger partial charge is 0.419 e. The van der Waals surface area contributed by atoms with Gasteiger partial charge in [-0.1, -0.05) is 12.1 Å². The molecular formula is C14H14N4O5. The third-order valence-electron chi connectivity index (χ3n) is 2.83.